The number of benzene rings is 1. The third-order valence-corrected chi connectivity index (χ3v) is 6.80. The van der Waals surface area contributed by atoms with Gasteiger partial charge in [0, 0.05) is 25.3 Å². The van der Waals surface area contributed by atoms with E-state index >= 15 is 0 Å². The van der Waals surface area contributed by atoms with Crippen LogP contribution in [0.15, 0.2) is 34.3 Å². The van der Waals surface area contributed by atoms with Gasteiger partial charge in [0.05, 0.1) is 17.9 Å². The molecule has 1 aliphatic heterocycles. The molecule has 3 heterocycles. The predicted molar refractivity (Wildman–Crippen MR) is 124 cm³/mol. The number of thioether (sulfide) groups is 1. The summed E-state index contributed by atoms with van der Waals surface area (Å²) in [7, 11) is 0. The van der Waals surface area contributed by atoms with Crippen LogP contribution in [0.3, 0.4) is 0 Å². The van der Waals surface area contributed by atoms with Crippen LogP contribution < -0.4 is 5.56 Å². The second kappa shape index (κ2) is 8.86. The summed E-state index contributed by atoms with van der Waals surface area (Å²) in [6.07, 6.45) is 3.79. The Kier molecular flexibility index (Phi) is 6.18. The number of aryl methyl sites for hydroxylation is 2. The number of hydrogen-bond acceptors (Lipinski definition) is 5. The molecule has 164 valence electrons. The summed E-state index contributed by atoms with van der Waals surface area (Å²) >= 11 is 1.54. The van der Waals surface area contributed by atoms with Crippen molar-refractivity contribution in [2.24, 2.45) is 0 Å². The molecule has 8 heteroatoms. The fourth-order valence-electron chi connectivity index (χ4n) is 4.23. The fourth-order valence-corrected chi connectivity index (χ4v) is 5.36. The maximum atomic E-state index is 13.3. The fraction of sp³-hybridized carbons (Fsp3) is 0.478. The molecule has 2 aromatic heterocycles. The molecule has 1 unspecified atom stereocenters. The molecule has 0 radical (unpaired) electrons. The first kappa shape index (κ1) is 21.6. The highest BCUT2D eigenvalue weighted by molar-refractivity contribution is 7.99. The zero-order valence-corrected chi connectivity index (χ0v) is 19.4. The summed E-state index contributed by atoms with van der Waals surface area (Å²) < 4.78 is 3.45. The van der Waals surface area contributed by atoms with Crippen LogP contribution in [0.5, 0.6) is 0 Å². The number of rotatable bonds is 7. The second-order valence-corrected chi connectivity index (χ2v) is 9.19. The summed E-state index contributed by atoms with van der Waals surface area (Å²) in [5, 5.41) is 5.63. The van der Waals surface area contributed by atoms with Crippen molar-refractivity contribution in [3.8, 4) is 5.69 Å². The van der Waals surface area contributed by atoms with Gasteiger partial charge in [0.15, 0.2) is 10.8 Å². The van der Waals surface area contributed by atoms with Crippen molar-refractivity contribution in [2.75, 3.05) is 18.8 Å². The highest BCUT2D eigenvalue weighted by Crippen LogP contribution is 2.34. The first-order valence-electron chi connectivity index (χ1n) is 10.9. The molecule has 3 aromatic rings. The number of amides is 1. The lowest BCUT2D eigenvalue weighted by Gasteiger charge is -2.23. The Labute approximate surface area is 186 Å². The van der Waals surface area contributed by atoms with Gasteiger partial charge in [0.25, 0.3) is 5.56 Å². The Balaban J connectivity index is 1.69. The molecule has 7 nitrogen and oxygen atoms in total. The van der Waals surface area contributed by atoms with Gasteiger partial charge in [0.1, 0.15) is 5.39 Å². The van der Waals surface area contributed by atoms with E-state index in [0.717, 1.165) is 37.2 Å². The molecule has 4 rings (SSSR count). The first-order valence-corrected chi connectivity index (χ1v) is 11.9. The minimum absolute atomic E-state index is 0.111. The first-order chi connectivity index (χ1) is 14.9. The lowest BCUT2D eigenvalue weighted by atomic mass is 10.1. The van der Waals surface area contributed by atoms with E-state index in [9.17, 15) is 9.59 Å². The van der Waals surface area contributed by atoms with E-state index in [1.807, 2.05) is 24.0 Å². The SMILES string of the molecule is CCCN(CCC)C(=O)CC1CSc2nc3c(cnn3-c3ccc(C)cc3C)c(=O)n21. The average Bonchev–Trinajstić information content (AvgIpc) is 3.33. The summed E-state index contributed by atoms with van der Waals surface area (Å²) in [4.78, 5) is 32.9. The topological polar surface area (TPSA) is 73.0 Å². The van der Waals surface area contributed by atoms with Crippen LogP contribution in [0.2, 0.25) is 0 Å². The molecule has 1 aromatic carbocycles. The van der Waals surface area contributed by atoms with Gasteiger partial charge in [-0.1, -0.05) is 43.3 Å². The van der Waals surface area contributed by atoms with Crippen molar-refractivity contribution in [3.05, 3.63) is 45.9 Å². The molecular formula is C23H29N5O2S. The summed E-state index contributed by atoms with van der Waals surface area (Å²) in [6.45, 7) is 9.76. The van der Waals surface area contributed by atoms with Gasteiger partial charge in [-0.25, -0.2) is 9.67 Å². The molecule has 0 saturated heterocycles. The third-order valence-electron chi connectivity index (χ3n) is 5.70. The van der Waals surface area contributed by atoms with Crippen LogP contribution in [-0.2, 0) is 4.79 Å². The lowest BCUT2D eigenvalue weighted by Crippen LogP contribution is -2.35. The summed E-state index contributed by atoms with van der Waals surface area (Å²) in [5.41, 5.74) is 3.63. The Morgan fingerprint density at radius 1 is 1.23 bits per heavy atom. The number of fused-ring (bicyclic) bond motifs is 2. The molecule has 0 spiro atoms. The van der Waals surface area contributed by atoms with Crippen molar-refractivity contribution < 1.29 is 4.79 Å². The quantitative estimate of drug-likeness (QED) is 0.522. The molecule has 0 fully saturated rings. The van der Waals surface area contributed by atoms with Crippen molar-refractivity contribution in [3.63, 3.8) is 0 Å². The van der Waals surface area contributed by atoms with E-state index in [0.29, 0.717) is 28.4 Å². The molecule has 0 N–H and O–H groups in total. The molecule has 1 amide bonds. The normalized spacial score (nSPS) is 15.4. The Morgan fingerprint density at radius 2 is 1.97 bits per heavy atom. The average molecular weight is 440 g/mol. The lowest BCUT2D eigenvalue weighted by molar-refractivity contribution is -0.132. The predicted octanol–water partition coefficient (Wildman–Crippen LogP) is 3.88. The molecule has 0 aliphatic carbocycles. The monoisotopic (exact) mass is 439 g/mol. The van der Waals surface area contributed by atoms with E-state index < -0.39 is 0 Å². The molecular weight excluding hydrogens is 410 g/mol. The molecule has 0 saturated carbocycles. The van der Waals surface area contributed by atoms with E-state index in [2.05, 4.69) is 31.9 Å². The Hall–Kier alpha value is -2.61. The Bertz CT molecular complexity index is 1180. The van der Waals surface area contributed by atoms with Gasteiger partial charge < -0.3 is 4.90 Å². The van der Waals surface area contributed by atoms with Gasteiger partial charge in [-0.3, -0.25) is 14.2 Å². The number of aromatic nitrogens is 4. The van der Waals surface area contributed by atoms with Gasteiger partial charge in [-0.05, 0) is 38.3 Å². The van der Waals surface area contributed by atoms with Crippen LogP contribution in [0.4, 0.5) is 0 Å². The highest BCUT2D eigenvalue weighted by atomic mass is 32.2. The van der Waals surface area contributed by atoms with E-state index in [1.165, 1.54) is 17.3 Å². The third kappa shape index (κ3) is 4.01. The van der Waals surface area contributed by atoms with E-state index in [4.69, 9.17) is 4.98 Å². The molecule has 31 heavy (non-hydrogen) atoms. The maximum absolute atomic E-state index is 13.3. The van der Waals surface area contributed by atoms with E-state index in [1.54, 1.807) is 15.4 Å². The maximum Gasteiger partial charge on any atom is 0.265 e. The van der Waals surface area contributed by atoms with Crippen LogP contribution in [-0.4, -0.2) is 49.0 Å². The van der Waals surface area contributed by atoms with Crippen molar-refractivity contribution >= 4 is 28.7 Å². The van der Waals surface area contributed by atoms with Gasteiger partial charge in [0.2, 0.25) is 5.91 Å². The van der Waals surface area contributed by atoms with Crippen LogP contribution in [0.25, 0.3) is 16.7 Å². The van der Waals surface area contributed by atoms with Crippen molar-refractivity contribution in [2.45, 2.75) is 58.2 Å². The van der Waals surface area contributed by atoms with Gasteiger partial charge in [-0.15, -0.1) is 0 Å². The molecule has 1 atom stereocenters. The largest absolute Gasteiger partial charge is 0.343 e. The minimum Gasteiger partial charge on any atom is -0.343 e. The summed E-state index contributed by atoms with van der Waals surface area (Å²) in [5.74, 6) is 0.795. The zero-order valence-electron chi connectivity index (χ0n) is 18.6. The zero-order chi connectivity index (χ0) is 22.1. The Morgan fingerprint density at radius 3 is 2.65 bits per heavy atom. The summed E-state index contributed by atoms with van der Waals surface area (Å²) in [6, 6.07) is 5.97. The molecule has 1 aliphatic rings. The van der Waals surface area contributed by atoms with E-state index in [-0.39, 0.29) is 17.5 Å². The van der Waals surface area contributed by atoms with Crippen molar-refractivity contribution in [1.29, 1.82) is 0 Å². The van der Waals surface area contributed by atoms with Crippen molar-refractivity contribution in [1.82, 2.24) is 24.2 Å². The number of carbonyl (C=O) groups excluding carboxylic acids is 1. The highest BCUT2D eigenvalue weighted by Gasteiger charge is 2.30. The van der Waals surface area contributed by atoms with Crippen LogP contribution in [0.1, 0.15) is 50.3 Å². The number of carbonyl (C=O) groups is 1. The second-order valence-electron chi connectivity index (χ2n) is 8.20. The van der Waals surface area contributed by atoms with Crippen LogP contribution >= 0.6 is 11.8 Å². The smallest absolute Gasteiger partial charge is 0.265 e. The van der Waals surface area contributed by atoms with Gasteiger partial charge >= 0.3 is 0 Å². The standard InChI is InChI=1S/C23H29N5O2S/c1-5-9-26(10-6-2)20(29)12-17-14-31-23-25-21-18(22(30)27(17)23)13-24-28(21)19-8-7-15(3)11-16(19)4/h7-8,11,13,17H,5-6,9-10,12,14H2,1-4H3. The van der Waals surface area contributed by atoms with Crippen LogP contribution in [0, 0.1) is 13.8 Å². The molecule has 0 bridgehead atoms. The number of hydrogen-bond donors (Lipinski definition) is 0. The minimum atomic E-state index is -0.169. The van der Waals surface area contributed by atoms with Gasteiger partial charge in [-0.2, -0.15) is 5.10 Å². The number of nitrogens with zero attached hydrogens (tertiary/aromatic N) is 5.